The van der Waals surface area contributed by atoms with Crippen LogP contribution in [0.25, 0.3) is 5.82 Å². The molecule has 0 unspecified atom stereocenters. The van der Waals surface area contributed by atoms with Gasteiger partial charge in [0.05, 0.1) is 11.7 Å². The summed E-state index contributed by atoms with van der Waals surface area (Å²) in [6.45, 7) is 3.96. The van der Waals surface area contributed by atoms with Crippen molar-refractivity contribution in [1.29, 1.82) is 0 Å². The molecule has 0 spiro atoms. The number of anilines is 1. The van der Waals surface area contributed by atoms with Crippen molar-refractivity contribution in [3.63, 3.8) is 0 Å². The van der Waals surface area contributed by atoms with Crippen molar-refractivity contribution in [2.75, 3.05) is 5.32 Å². The fourth-order valence-electron chi connectivity index (χ4n) is 4.79. The summed E-state index contributed by atoms with van der Waals surface area (Å²) in [5.41, 5.74) is 4.38. The Hall–Kier alpha value is -3.03. The Kier molecular flexibility index (Phi) is 4.84. The average Bonchev–Trinajstić information content (AvgIpc) is 3.36. The van der Waals surface area contributed by atoms with Crippen LogP contribution in [0, 0.1) is 13.8 Å². The van der Waals surface area contributed by atoms with Gasteiger partial charge in [0.1, 0.15) is 12.1 Å². The molecule has 1 fully saturated rings. The average molecular weight is 406 g/mol. The molecule has 0 amide bonds. The van der Waals surface area contributed by atoms with Crippen LogP contribution in [-0.2, 0) is 12.8 Å². The van der Waals surface area contributed by atoms with Gasteiger partial charge in [-0.1, -0.05) is 0 Å². The number of nitrogens with one attached hydrogen (secondary N) is 1. The van der Waals surface area contributed by atoms with Crippen LogP contribution in [0.15, 0.2) is 29.3 Å². The molecule has 5 rings (SSSR count). The molecule has 0 bridgehead atoms. The quantitative estimate of drug-likeness (QED) is 0.718. The van der Waals surface area contributed by atoms with E-state index in [2.05, 4.69) is 25.5 Å². The fourth-order valence-corrected chi connectivity index (χ4v) is 4.79. The number of nitrogens with zero attached hydrogens (tertiary/aromatic N) is 6. The molecule has 8 heteroatoms. The van der Waals surface area contributed by atoms with E-state index in [0.717, 1.165) is 62.2 Å². The van der Waals surface area contributed by atoms with Gasteiger partial charge in [-0.25, -0.2) is 19.3 Å². The molecule has 2 aliphatic carbocycles. The molecule has 1 N–H and O–H groups in total. The first kappa shape index (κ1) is 19.0. The van der Waals surface area contributed by atoms with Crippen LogP contribution in [0.5, 0.6) is 0 Å². The second-order valence-corrected chi connectivity index (χ2v) is 8.46. The third kappa shape index (κ3) is 3.51. The Morgan fingerprint density at radius 1 is 1.03 bits per heavy atom. The lowest BCUT2D eigenvalue weighted by Crippen LogP contribution is -2.34. The molecular weight excluding hydrogens is 378 g/mol. The van der Waals surface area contributed by atoms with E-state index < -0.39 is 0 Å². The fraction of sp³-hybridized carbons (Fsp3) is 0.500. The Labute approximate surface area is 175 Å². The standard InChI is InChI=1S/C22H27N7O/c1-14-12-15(2)28(26-14)20-10-11-21(30)29(27-20)17-8-6-16(7-9-17)25-22-18-4-3-5-19(18)23-13-24-22/h10-13,16-17H,3-9H2,1-2H3,(H,23,24,25). The van der Waals surface area contributed by atoms with Gasteiger partial charge in [0.25, 0.3) is 5.56 Å². The number of hydrogen-bond acceptors (Lipinski definition) is 6. The van der Waals surface area contributed by atoms with Crippen LogP contribution in [-0.4, -0.2) is 35.6 Å². The molecular formula is C22H27N7O. The maximum absolute atomic E-state index is 12.5. The molecule has 8 nitrogen and oxygen atoms in total. The van der Waals surface area contributed by atoms with Gasteiger partial charge in [0, 0.05) is 29.1 Å². The lowest BCUT2D eigenvalue weighted by atomic mass is 9.91. The molecule has 3 aromatic heterocycles. The van der Waals surface area contributed by atoms with Gasteiger partial charge in [-0.2, -0.15) is 5.10 Å². The van der Waals surface area contributed by atoms with E-state index in [4.69, 9.17) is 0 Å². The van der Waals surface area contributed by atoms with Crippen molar-refractivity contribution in [2.24, 2.45) is 0 Å². The van der Waals surface area contributed by atoms with Gasteiger partial charge < -0.3 is 5.32 Å². The first-order valence-corrected chi connectivity index (χ1v) is 10.8. The zero-order valence-electron chi connectivity index (χ0n) is 17.5. The van der Waals surface area contributed by atoms with Crippen LogP contribution in [0.2, 0.25) is 0 Å². The first-order valence-electron chi connectivity index (χ1n) is 10.8. The summed E-state index contributed by atoms with van der Waals surface area (Å²) < 4.78 is 3.46. The predicted octanol–water partition coefficient (Wildman–Crippen LogP) is 2.92. The van der Waals surface area contributed by atoms with Crippen molar-refractivity contribution >= 4 is 5.82 Å². The highest BCUT2D eigenvalue weighted by molar-refractivity contribution is 5.48. The molecule has 30 heavy (non-hydrogen) atoms. The SMILES string of the molecule is Cc1cc(C)n(-c2ccc(=O)n(C3CCC(Nc4ncnc5c4CCC5)CC3)n2)n1. The summed E-state index contributed by atoms with van der Waals surface area (Å²) in [7, 11) is 0. The molecule has 2 aliphatic rings. The molecule has 0 aromatic carbocycles. The molecule has 1 saturated carbocycles. The van der Waals surface area contributed by atoms with Gasteiger partial charge in [-0.15, -0.1) is 5.10 Å². The topological polar surface area (TPSA) is 90.5 Å². The maximum Gasteiger partial charge on any atom is 0.267 e. The van der Waals surface area contributed by atoms with E-state index >= 15 is 0 Å². The Morgan fingerprint density at radius 3 is 2.63 bits per heavy atom. The zero-order chi connectivity index (χ0) is 20.7. The molecule has 0 aliphatic heterocycles. The van der Waals surface area contributed by atoms with Crippen molar-refractivity contribution in [3.8, 4) is 5.82 Å². The highest BCUT2D eigenvalue weighted by Gasteiger charge is 2.26. The Balaban J connectivity index is 1.30. The lowest BCUT2D eigenvalue weighted by molar-refractivity contribution is 0.302. The van der Waals surface area contributed by atoms with Gasteiger partial charge in [0.2, 0.25) is 0 Å². The summed E-state index contributed by atoms with van der Waals surface area (Å²) in [6.07, 6.45) is 8.76. The van der Waals surface area contributed by atoms with Crippen LogP contribution in [0.3, 0.4) is 0 Å². The summed E-state index contributed by atoms with van der Waals surface area (Å²) in [5.74, 6) is 1.69. The van der Waals surface area contributed by atoms with Crippen molar-refractivity contribution in [2.45, 2.75) is 70.9 Å². The molecule has 0 radical (unpaired) electrons. The minimum absolute atomic E-state index is 0.0506. The Bertz CT molecular complexity index is 1120. The minimum atomic E-state index is -0.0506. The predicted molar refractivity (Wildman–Crippen MR) is 114 cm³/mol. The van der Waals surface area contributed by atoms with Crippen LogP contribution >= 0.6 is 0 Å². The summed E-state index contributed by atoms with van der Waals surface area (Å²) in [6, 6.07) is 5.85. The van der Waals surface area contributed by atoms with Gasteiger partial charge >= 0.3 is 0 Å². The molecule has 0 saturated heterocycles. The van der Waals surface area contributed by atoms with Crippen LogP contribution < -0.4 is 10.9 Å². The van der Waals surface area contributed by atoms with Crippen molar-refractivity contribution in [1.82, 2.24) is 29.5 Å². The van der Waals surface area contributed by atoms with Gasteiger partial charge in [-0.3, -0.25) is 4.79 Å². The zero-order valence-corrected chi connectivity index (χ0v) is 17.5. The van der Waals surface area contributed by atoms with E-state index in [1.54, 1.807) is 27.8 Å². The van der Waals surface area contributed by atoms with Gasteiger partial charge in [-0.05, 0) is 70.9 Å². The minimum Gasteiger partial charge on any atom is -0.367 e. The van der Waals surface area contributed by atoms with Crippen molar-refractivity contribution < 1.29 is 0 Å². The van der Waals surface area contributed by atoms with Gasteiger partial charge in [0.15, 0.2) is 5.82 Å². The van der Waals surface area contributed by atoms with Crippen LogP contribution in [0.1, 0.15) is 60.8 Å². The number of hydrogen-bond donors (Lipinski definition) is 1. The monoisotopic (exact) mass is 405 g/mol. The number of aryl methyl sites for hydroxylation is 3. The molecule has 3 aromatic rings. The second kappa shape index (κ2) is 7.66. The maximum atomic E-state index is 12.5. The normalized spacial score (nSPS) is 20.9. The number of aromatic nitrogens is 6. The number of rotatable bonds is 4. The third-order valence-electron chi connectivity index (χ3n) is 6.30. The largest absolute Gasteiger partial charge is 0.367 e. The summed E-state index contributed by atoms with van der Waals surface area (Å²) in [4.78, 5) is 21.4. The van der Waals surface area contributed by atoms with E-state index in [1.807, 2.05) is 19.9 Å². The van der Waals surface area contributed by atoms with Crippen molar-refractivity contribution in [3.05, 3.63) is 57.5 Å². The summed E-state index contributed by atoms with van der Waals surface area (Å²) >= 11 is 0. The Morgan fingerprint density at radius 2 is 1.87 bits per heavy atom. The third-order valence-corrected chi connectivity index (χ3v) is 6.30. The molecule has 156 valence electrons. The van der Waals surface area contributed by atoms with E-state index in [-0.39, 0.29) is 11.6 Å². The highest BCUT2D eigenvalue weighted by Crippen LogP contribution is 2.31. The van der Waals surface area contributed by atoms with Crippen LogP contribution in [0.4, 0.5) is 5.82 Å². The summed E-state index contributed by atoms with van der Waals surface area (Å²) in [5, 5.41) is 12.8. The van der Waals surface area contributed by atoms with E-state index in [1.165, 1.54) is 11.3 Å². The number of fused-ring (bicyclic) bond motifs is 1. The molecule has 3 heterocycles. The lowest BCUT2D eigenvalue weighted by Gasteiger charge is -2.30. The molecule has 0 atom stereocenters. The van der Waals surface area contributed by atoms with E-state index in [0.29, 0.717) is 11.9 Å². The second-order valence-electron chi connectivity index (χ2n) is 8.46. The smallest absolute Gasteiger partial charge is 0.267 e. The highest BCUT2D eigenvalue weighted by atomic mass is 16.1. The van der Waals surface area contributed by atoms with E-state index in [9.17, 15) is 4.79 Å². The first-order chi connectivity index (χ1) is 14.6.